The summed E-state index contributed by atoms with van der Waals surface area (Å²) in [5.74, 6) is 0.252. The van der Waals surface area contributed by atoms with Crippen LogP contribution in [0.25, 0.3) is 0 Å². The molecule has 164 valence electrons. The maximum absolute atomic E-state index is 12.6. The van der Waals surface area contributed by atoms with Gasteiger partial charge in [0, 0.05) is 44.1 Å². The first kappa shape index (κ1) is 22.3. The van der Waals surface area contributed by atoms with E-state index in [1.54, 1.807) is 0 Å². The Labute approximate surface area is 181 Å². The lowest BCUT2D eigenvalue weighted by molar-refractivity contribution is 0.0945. The van der Waals surface area contributed by atoms with Crippen LogP contribution in [0, 0.1) is 0 Å². The largest absolute Gasteiger partial charge is 0.369 e. The Kier molecular flexibility index (Phi) is 7.19. The second-order valence-corrected chi connectivity index (χ2v) is 9.47. The molecule has 0 radical (unpaired) electrons. The highest BCUT2D eigenvalue weighted by Crippen LogP contribution is 2.23. The van der Waals surface area contributed by atoms with Gasteiger partial charge in [0.2, 0.25) is 0 Å². The highest BCUT2D eigenvalue weighted by molar-refractivity contribution is 5.92. The van der Waals surface area contributed by atoms with Crippen LogP contribution in [-0.4, -0.2) is 59.9 Å². The fourth-order valence-corrected chi connectivity index (χ4v) is 3.92. The van der Waals surface area contributed by atoms with Gasteiger partial charge >= 0.3 is 0 Å². The van der Waals surface area contributed by atoms with Crippen LogP contribution < -0.4 is 10.2 Å². The zero-order valence-electron chi connectivity index (χ0n) is 19.2. The van der Waals surface area contributed by atoms with Gasteiger partial charge in [0.1, 0.15) is 5.69 Å². The molecular formula is C24H37N5O. The summed E-state index contributed by atoms with van der Waals surface area (Å²) in [4.78, 5) is 17.5. The molecule has 1 aromatic heterocycles. The van der Waals surface area contributed by atoms with Crippen LogP contribution in [-0.2, 0) is 5.54 Å². The van der Waals surface area contributed by atoms with E-state index in [1.807, 2.05) is 10.7 Å². The van der Waals surface area contributed by atoms with Crippen LogP contribution in [0.4, 0.5) is 5.69 Å². The number of benzene rings is 1. The highest BCUT2D eigenvalue weighted by Gasteiger charge is 2.23. The van der Waals surface area contributed by atoms with E-state index in [-0.39, 0.29) is 11.4 Å². The van der Waals surface area contributed by atoms with E-state index in [2.05, 4.69) is 85.2 Å². The van der Waals surface area contributed by atoms with Gasteiger partial charge in [-0.2, -0.15) is 5.10 Å². The molecule has 1 aromatic carbocycles. The molecule has 0 saturated carbocycles. The summed E-state index contributed by atoms with van der Waals surface area (Å²) >= 11 is 0. The Morgan fingerprint density at radius 2 is 1.77 bits per heavy atom. The number of para-hydroxylation sites is 1. The van der Waals surface area contributed by atoms with Gasteiger partial charge in [-0.15, -0.1) is 0 Å². The van der Waals surface area contributed by atoms with Gasteiger partial charge in [-0.1, -0.05) is 32.0 Å². The minimum absolute atomic E-state index is 0.0752. The van der Waals surface area contributed by atoms with E-state index in [1.165, 1.54) is 5.69 Å². The maximum Gasteiger partial charge on any atom is 0.271 e. The van der Waals surface area contributed by atoms with Gasteiger partial charge in [-0.25, -0.2) is 0 Å². The Balaban J connectivity index is 1.42. The van der Waals surface area contributed by atoms with Crippen LogP contribution in [0.15, 0.2) is 36.4 Å². The number of piperazine rings is 1. The maximum atomic E-state index is 12.6. The van der Waals surface area contributed by atoms with Crippen molar-refractivity contribution in [3.63, 3.8) is 0 Å². The normalized spacial score (nSPS) is 15.6. The van der Waals surface area contributed by atoms with Crippen molar-refractivity contribution in [3.8, 4) is 0 Å². The molecule has 0 unspecified atom stereocenters. The van der Waals surface area contributed by atoms with Crippen molar-refractivity contribution in [1.82, 2.24) is 20.0 Å². The first-order valence-electron chi connectivity index (χ1n) is 11.2. The average molecular weight is 412 g/mol. The molecule has 1 N–H and O–H groups in total. The highest BCUT2D eigenvalue weighted by atomic mass is 16.1. The molecule has 0 aliphatic carbocycles. The van der Waals surface area contributed by atoms with Gasteiger partial charge in [-0.05, 0) is 57.9 Å². The minimum atomic E-state index is -0.139. The van der Waals surface area contributed by atoms with Crippen LogP contribution >= 0.6 is 0 Å². The quantitative estimate of drug-likeness (QED) is 0.706. The lowest BCUT2D eigenvalue weighted by Gasteiger charge is -2.36. The van der Waals surface area contributed by atoms with E-state index in [9.17, 15) is 4.79 Å². The molecule has 0 spiro atoms. The number of amides is 1. The third-order valence-electron chi connectivity index (χ3n) is 5.63. The van der Waals surface area contributed by atoms with Gasteiger partial charge in [-0.3, -0.25) is 14.4 Å². The van der Waals surface area contributed by atoms with Crippen molar-refractivity contribution in [2.24, 2.45) is 0 Å². The zero-order chi connectivity index (χ0) is 21.7. The van der Waals surface area contributed by atoms with E-state index in [0.717, 1.165) is 44.8 Å². The molecule has 1 fully saturated rings. The number of carbonyl (C=O) groups is 1. The van der Waals surface area contributed by atoms with Crippen LogP contribution in [0.1, 0.15) is 63.1 Å². The Hall–Kier alpha value is -2.34. The third-order valence-corrected chi connectivity index (χ3v) is 5.63. The van der Waals surface area contributed by atoms with Crippen molar-refractivity contribution in [3.05, 3.63) is 47.8 Å². The number of hydrogen-bond donors (Lipinski definition) is 1. The van der Waals surface area contributed by atoms with Crippen molar-refractivity contribution in [2.75, 3.05) is 44.2 Å². The molecule has 3 rings (SSSR count). The Morgan fingerprint density at radius 3 is 2.33 bits per heavy atom. The van der Waals surface area contributed by atoms with E-state index in [0.29, 0.717) is 18.2 Å². The van der Waals surface area contributed by atoms with E-state index >= 15 is 0 Å². The zero-order valence-corrected chi connectivity index (χ0v) is 19.2. The molecule has 2 aromatic rings. The molecular weight excluding hydrogens is 374 g/mol. The van der Waals surface area contributed by atoms with Crippen LogP contribution in [0.2, 0.25) is 0 Å². The van der Waals surface area contributed by atoms with Gasteiger partial charge in [0.25, 0.3) is 5.91 Å². The summed E-state index contributed by atoms with van der Waals surface area (Å²) in [5.41, 5.74) is 2.79. The predicted octanol–water partition coefficient (Wildman–Crippen LogP) is 3.70. The second-order valence-electron chi connectivity index (χ2n) is 9.47. The van der Waals surface area contributed by atoms with Gasteiger partial charge in [0.05, 0.1) is 5.54 Å². The molecule has 1 saturated heterocycles. The summed E-state index contributed by atoms with van der Waals surface area (Å²) in [7, 11) is 0. The molecule has 1 amide bonds. The number of carbonyl (C=O) groups excluding carboxylic acids is 1. The second kappa shape index (κ2) is 9.65. The first-order chi connectivity index (χ1) is 14.3. The summed E-state index contributed by atoms with van der Waals surface area (Å²) in [6, 6.07) is 12.5. The fourth-order valence-electron chi connectivity index (χ4n) is 3.92. The SMILES string of the molecule is CC(C)c1cc(C(=O)NCCCN2CCN(c3ccccc3)CC2)nn1C(C)(C)C. The molecule has 2 heterocycles. The number of rotatable bonds is 7. The number of nitrogens with one attached hydrogen (secondary N) is 1. The molecule has 30 heavy (non-hydrogen) atoms. The molecule has 1 aliphatic rings. The minimum Gasteiger partial charge on any atom is -0.369 e. The van der Waals surface area contributed by atoms with Crippen molar-refractivity contribution in [1.29, 1.82) is 0 Å². The fraction of sp³-hybridized carbons (Fsp3) is 0.583. The summed E-state index contributed by atoms with van der Waals surface area (Å²) in [5, 5.41) is 7.65. The predicted molar refractivity (Wildman–Crippen MR) is 123 cm³/mol. The summed E-state index contributed by atoms with van der Waals surface area (Å²) < 4.78 is 1.98. The summed E-state index contributed by atoms with van der Waals surface area (Å²) in [6.45, 7) is 16.6. The molecule has 0 bridgehead atoms. The third kappa shape index (κ3) is 5.63. The average Bonchev–Trinajstić information content (AvgIpc) is 3.19. The van der Waals surface area contributed by atoms with E-state index in [4.69, 9.17) is 0 Å². The van der Waals surface area contributed by atoms with Gasteiger partial charge < -0.3 is 10.2 Å². The van der Waals surface area contributed by atoms with Gasteiger partial charge in [0.15, 0.2) is 0 Å². The van der Waals surface area contributed by atoms with E-state index < -0.39 is 0 Å². The molecule has 1 aliphatic heterocycles. The molecule has 0 atom stereocenters. The lowest BCUT2D eigenvalue weighted by atomic mass is 10.1. The Bertz CT molecular complexity index is 814. The van der Waals surface area contributed by atoms with Crippen LogP contribution in [0.3, 0.4) is 0 Å². The smallest absolute Gasteiger partial charge is 0.271 e. The monoisotopic (exact) mass is 411 g/mol. The number of hydrogen-bond acceptors (Lipinski definition) is 4. The number of nitrogens with zero attached hydrogens (tertiary/aromatic N) is 4. The lowest BCUT2D eigenvalue weighted by Crippen LogP contribution is -2.47. The number of aromatic nitrogens is 2. The topological polar surface area (TPSA) is 53.4 Å². The Morgan fingerprint density at radius 1 is 1.10 bits per heavy atom. The van der Waals surface area contributed by atoms with Crippen LogP contribution in [0.5, 0.6) is 0 Å². The summed E-state index contributed by atoms with van der Waals surface area (Å²) in [6.07, 6.45) is 0.952. The standard InChI is InChI=1S/C24H37N5O/c1-19(2)22-18-21(26-29(22)24(3,4)5)23(30)25-12-9-13-27-14-16-28(17-15-27)20-10-7-6-8-11-20/h6-8,10-11,18-19H,9,12-17H2,1-5H3,(H,25,30). The van der Waals surface area contributed by atoms with Crippen molar-refractivity contribution < 1.29 is 4.79 Å². The molecule has 6 heteroatoms. The number of anilines is 1. The van der Waals surface area contributed by atoms with Crippen molar-refractivity contribution in [2.45, 2.75) is 52.5 Å². The first-order valence-corrected chi connectivity index (χ1v) is 11.2. The molecule has 6 nitrogen and oxygen atoms in total. The van der Waals surface area contributed by atoms with Crippen molar-refractivity contribution >= 4 is 11.6 Å².